The Labute approximate surface area is 157 Å². The second-order valence-corrected chi connectivity index (χ2v) is 7.14. The summed E-state index contributed by atoms with van der Waals surface area (Å²) < 4.78 is 0. The highest BCUT2D eigenvalue weighted by Crippen LogP contribution is 2.25. The molecule has 26 heavy (non-hydrogen) atoms. The summed E-state index contributed by atoms with van der Waals surface area (Å²) in [4.78, 5) is 20.0. The molecule has 1 N–H and O–H groups in total. The minimum atomic E-state index is 0.379. The summed E-state index contributed by atoms with van der Waals surface area (Å²) in [6, 6.07) is 8.15. The number of halogens is 1. The number of aryl methyl sites for hydroxylation is 2. The first-order chi connectivity index (χ1) is 12.6. The van der Waals surface area contributed by atoms with Crippen LogP contribution in [-0.4, -0.2) is 39.1 Å². The molecule has 0 amide bonds. The van der Waals surface area contributed by atoms with Gasteiger partial charge in [0.15, 0.2) is 0 Å². The third-order valence-electron chi connectivity index (χ3n) is 4.71. The Morgan fingerprint density at radius 2 is 1.88 bits per heavy atom. The normalized spacial score (nSPS) is 15.4. The molecule has 0 radical (unpaired) electrons. The first-order valence-corrected chi connectivity index (χ1v) is 9.20. The molecule has 6 nitrogen and oxygen atoms in total. The average molecular weight is 369 g/mol. The van der Waals surface area contributed by atoms with Crippen molar-refractivity contribution in [3.63, 3.8) is 0 Å². The average Bonchev–Trinajstić information content (AvgIpc) is 2.61. The van der Waals surface area contributed by atoms with E-state index in [4.69, 9.17) is 11.6 Å². The Balaban J connectivity index is 1.46. The number of anilines is 2. The molecule has 0 spiro atoms. The first kappa shape index (κ1) is 17.0. The van der Waals surface area contributed by atoms with Crippen molar-refractivity contribution >= 4 is 34.1 Å². The standard InChI is InChI=1S/C19H21ClN6/c1-12-9-18(24-13(2)23-12)26-7-5-15(6-8-26)25-19-16-4-3-14(20)10-17(16)21-11-22-19/h3-4,9-11,15H,5-8H2,1-2H3,(H,21,22,25). The molecule has 1 saturated heterocycles. The maximum absolute atomic E-state index is 6.06. The second-order valence-electron chi connectivity index (χ2n) is 6.70. The minimum Gasteiger partial charge on any atom is -0.367 e. The Morgan fingerprint density at radius 1 is 1.08 bits per heavy atom. The lowest BCUT2D eigenvalue weighted by molar-refractivity contribution is 0.522. The zero-order chi connectivity index (χ0) is 18.1. The van der Waals surface area contributed by atoms with Crippen LogP contribution in [0.5, 0.6) is 0 Å². The molecule has 7 heteroatoms. The SMILES string of the molecule is Cc1cc(N2CCC(Nc3ncnc4cc(Cl)ccc34)CC2)nc(C)n1. The van der Waals surface area contributed by atoms with Gasteiger partial charge in [-0.15, -0.1) is 0 Å². The number of piperidine rings is 1. The van der Waals surface area contributed by atoms with Gasteiger partial charge in [0, 0.05) is 41.3 Å². The predicted molar refractivity (Wildman–Crippen MR) is 105 cm³/mol. The summed E-state index contributed by atoms with van der Waals surface area (Å²) in [6.45, 7) is 5.88. The van der Waals surface area contributed by atoms with Crippen LogP contribution in [-0.2, 0) is 0 Å². The molecule has 2 aromatic heterocycles. The largest absolute Gasteiger partial charge is 0.367 e. The van der Waals surface area contributed by atoms with Gasteiger partial charge in [0.05, 0.1) is 5.52 Å². The third-order valence-corrected chi connectivity index (χ3v) is 4.95. The van der Waals surface area contributed by atoms with Crippen LogP contribution in [0.25, 0.3) is 10.9 Å². The van der Waals surface area contributed by atoms with E-state index in [1.54, 1.807) is 6.33 Å². The van der Waals surface area contributed by atoms with E-state index in [0.29, 0.717) is 11.1 Å². The molecule has 1 aliphatic heterocycles. The van der Waals surface area contributed by atoms with Crippen LogP contribution >= 0.6 is 11.6 Å². The molecule has 0 atom stereocenters. The fourth-order valence-corrected chi connectivity index (χ4v) is 3.62. The Kier molecular flexibility index (Phi) is 4.59. The quantitative estimate of drug-likeness (QED) is 0.759. The second kappa shape index (κ2) is 7.03. The zero-order valence-corrected chi connectivity index (χ0v) is 15.7. The fraction of sp³-hybridized carbons (Fsp3) is 0.368. The molecule has 0 bridgehead atoms. The van der Waals surface area contributed by atoms with Gasteiger partial charge >= 0.3 is 0 Å². The molecular formula is C19H21ClN6. The van der Waals surface area contributed by atoms with E-state index in [0.717, 1.165) is 60.0 Å². The minimum absolute atomic E-state index is 0.379. The van der Waals surface area contributed by atoms with Gasteiger partial charge < -0.3 is 10.2 Å². The van der Waals surface area contributed by atoms with Crippen molar-refractivity contribution in [1.29, 1.82) is 0 Å². The van der Waals surface area contributed by atoms with Crippen LogP contribution in [0, 0.1) is 13.8 Å². The molecule has 134 valence electrons. The summed E-state index contributed by atoms with van der Waals surface area (Å²) in [7, 11) is 0. The van der Waals surface area contributed by atoms with E-state index in [2.05, 4.69) is 36.2 Å². The summed E-state index contributed by atoms with van der Waals surface area (Å²) in [5, 5.41) is 5.27. The highest BCUT2D eigenvalue weighted by atomic mass is 35.5. The van der Waals surface area contributed by atoms with Gasteiger partial charge in [-0.1, -0.05) is 11.6 Å². The summed E-state index contributed by atoms with van der Waals surface area (Å²) >= 11 is 6.06. The lowest BCUT2D eigenvalue weighted by Gasteiger charge is -2.33. The molecule has 0 saturated carbocycles. The van der Waals surface area contributed by atoms with E-state index < -0.39 is 0 Å². The van der Waals surface area contributed by atoms with Crippen molar-refractivity contribution in [2.24, 2.45) is 0 Å². The summed E-state index contributed by atoms with van der Waals surface area (Å²) in [5.41, 5.74) is 1.87. The highest BCUT2D eigenvalue weighted by Gasteiger charge is 2.21. The number of benzene rings is 1. The maximum atomic E-state index is 6.06. The van der Waals surface area contributed by atoms with Crippen molar-refractivity contribution < 1.29 is 0 Å². The molecule has 4 rings (SSSR count). The third kappa shape index (κ3) is 3.55. The van der Waals surface area contributed by atoms with E-state index in [-0.39, 0.29) is 0 Å². The van der Waals surface area contributed by atoms with E-state index in [1.807, 2.05) is 32.0 Å². The number of nitrogens with zero attached hydrogens (tertiary/aromatic N) is 5. The van der Waals surface area contributed by atoms with Crippen molar-refractivity contribution in [2.75, 3.05) is 23.3 Å². The maximum Gasteiger partial charge on any atom is 0.137 e. The zero-order valence-electron chi connectivity index (χ0n) is 14.9. The van der Waals surface area contributed by atoms with Gasteiger partial charge in [-0.2, -0.15) is 0 Å². The van der Waals surface area contributed by atoms with E-state index in [9.17, 15) is 0 Å². The van der Waals surface area contributed by atoms with Crippen LogP contribution in [0.1, 0.15) is 24.4 Å². The van der Waals surface area contributed by atoms with Crippen LogP contribution < -0.4 is 10.2 Å². The molecule has 3 aromatic rings. The number of hydrogen-bond acceptors (Lipinski definition) is 6. The van der Waals surface area contributed by atoms with Crippen molar-refractivity contribution in [3.8, 4) is 0 Å². The number of rotatable bonds is 3. The monoisotopic (exact) mass is 368 g/mol. The fourth-order valence-electron chi connectivity index (χ4n) is 3.45. The van der Waals surface area contributed by atoms with Crippen molar-refractivity contribution in [3.05, 3.63) is 47.1 Å². The van der Waals surface area contributed by atoms with Crippen LogP contribution in [0.2, 0.25) is 5.02 Å². The summed E-state index contributed by atoms with van der Waals surface area (Å²) in [5.74, 6) is 2.72. The molecule has 1 fully saturated rings. The summed E-state index contributed by atoms with van der Waals surface area (Å²) in [6.07, 6.45) is 3.64. The lowest BCUT2D eigenvalue weighted by Crippen LogP contribution is -2.39. The molecule has 1 aliphatic rings. The molecular weight excluding hydrogens is 348 g/mol. The van der Waals surface area contributed by atoms with E-state index in [1.165, 1.54) is 0 Å². The number of aromatic nitrogens is 4. The Bertz CT molecular complexity index is 916. The van der Waals surface area contributed by atoms with Gasteiger partial charge in [0.1, 0.15) is 23.8 Å². The van der Waals surface area contributed by atoms with Crippen LogP contribution in [0.4, 0.5) is 11.6 Å². The number of fused-ring (bicyclic) bond motifs is 1. The predicted octanol–water partition coefficient (Wildman–Crippen LogP) is 3.77. The van der Waals surface area contributed by atoms with Crippen molar-refractivity contribution in [2.45, 2.75) is 32.7 Å². The van der Waals surface area contributed by atoms with E-state index >= 15 is 0 Å². The lowest BCUT2D eigenvalue weighted by atomic mass is 10.0. The highest BCUT2D eigenvalue weighted by molar-refractivity contribution is 6.31. The molecule has 1 aromatic carbocycles. The van der Waals surface area contributed by atoms with Gasteiger partial charge in [0.25, 0.3) is 0 Å². The Morgan fingerprint density at radius 3 is 2.65 bits per heavy atom. The number of nitrogens with one attached hydrogen (secondary N) is 1. The molecule has 3 heterocycles. The van der Waals surface area contributed by atoms with Gasteiger partial charge in [-0.25, -0.2) is 19.9 Å². The van der Waals surface area contributed by atoms with Crippen LogP contribution in [0.15, 0.2) is 30.6 Å². The number of hydrogen-bond donors (Lipinski definition) is 1. The van der Waals surface area contributed by atoms with Gasteiger partial charge in [0.2, 0.25) is 0 Å². The Hall–Kier alpha value is -2.47. The molecule has 0 aliphatic carbocycles. The molecule has 0 unspecified atom stereocenters. The van der Waals surface area contributed by atoms with Gasteiger partial charge in [-0.05, 0) is 44.9 Å². The van der Waals surface area contributed by atoms with Crippen molar-refractivity contribution in [1.82, 2.24) is 19.9 Å². The topological polar surface area (TPSA) is 66.8 Å². The smallest absolute Gasteiger partial charge is 0.137 e. The van der Waals surface area contributed by atoms with Crippen LogP contribution in [0.3, 0.4) is 0 Å². The first-order valence-electron chi connectivity index (χ1n) is 8.82. The van der Waals surface area contributed by atoms with Gasteiger partial charge in [-0.3, -0.25) is 0 Å².